The molecular weight excluding hydrogens is 293 g/mol. The zero-order chi connectivity index (χ0) is 15.8. The van der Waals surface area contributed by atoms with Crippen LogP contribution in [0.2, 0.25) is 0 Å². The first-order valence-electron chi connectivity index (χ1n) is 7.41. The standard InChI is InChI=1S/C18H14FN3O/c19-13-6-4-5-12(9-13)15-10-17(23)21-18-16(15)11-20-22(18)14-7-2-1-3-8-14/h1-9,11,15H,10H2,(H,21,23). The Labute approximate surface area is 132 Å². The maximum atomic E-state index is 13.5. The Morgan fingerprint density at radius 3 is 2.74 bits per heavy atom. The van der Waals surface area contributed by atoms with Crippen LogP contribution in [0.25, 0.3) is 5.69 Å². The molecule has 0 radical (unpaired) electrons. The molecule has 3 aromatic rings. The van der Waals surface area contributed by atoms with E-state index in [4.69, 9.17) is 0 Å². The summed E-state index contributed by atoms with van der Waals surface area (Å²) in [5.74, 6) is 0.0727. The van der Waals surface area contributed by atoms with E-state index in [9.17, 15) is 9.18 Å². The number of carbonyl (C=O) groups excluding carboxylic acids is 1. The minimum Gasteiger partial charge on any atom is -0.310 e. The Balaban J connectivity index is 1.83. The number of benzene rings is 2. The Morgan fingerprint density at radius 1 is 1.13 bits per heavy atom. The number of para-hydroxylation sites is 1. The lowest BCUT2D eigenvalue weighted by molar-refractivity contribution is -0.116. The van der Waals surface area contributed by atoms with Crippen molar-refractivity contribution in [2.45, 2.75) is 12.3 Å². The fraction of sp³-hybridized carbons (Fsp3) is 0.111. The van der Waals surface area contributed by atoms with E-state index in [2.05, 4.69) is 10.4 Å². The van der Waals surface area contributed by atoms with Crippen LogP contribution < -0.4 is 5.32 Å². The molecule has 114 valence electrons. The summed E-state index contributed by atoms with van der Waals surface area (Å²) in [6.07, 6.45) is 2.04. The molecular formula is C18H14FN3O. The molecule has 1 atom stereocenters. The van der Waals surface area contributed by atoms with Crippen LogP contribution >= 0.6 is 0 Å². The molecule has 0 spiro atoms. The van der Waals surface area contributed by atoms with Crippen molar-refractivity contribution in [1.82, 2.24) is 9.78 Å². The zero-order valence-electron chi connectivity index (χ0n) is 12.2. The van der Waals surface area contributed by atoms with Crippen LogP contribution in [0.1, 0.15) is 23.5 Å². The van der Waals surface area contributed by atoms with E-state index in [1.165, 1.54) is 12.1 Å². The van der Waals surface area contributed by atoms with E-state index in [1.807, 2.05) is 36.4 Å². The third-order valence-electron chi connectivity index (χ3n) is 4.07. The lowest BCUT2D eigenvalue weighted by atomic mass is 9.87. The topological polar surface area (TPSA) is 46.9 Å². The summed E-state index contributed by atoms with van der Waals surface area (Å²) in [7, 11) is 0. The van der Waals surface area contributed by atoms with Gasteiger partial charge in [-0.05, 0) is 29.8 Å². The Kier molecular flexibility index (Phi) is 3.19. The average molecular weight is 307 g/mol. The number of amides is 1. The molecule has 4 rings (SSSR count). The highest BCUT2D eigenvalue weighted by Crippen LogP contribution is 2.38. The SMILES string of the molecule is O=C1CC(c2cccc(F)c2)c2cnn(-c3ccccc3)c2N1. The van der Waals surface area contributed by atoms with Gasteiger partial charge in [0.05, 0.1) is 11.9 Å². The molecule has 0 fully saturated rings. The summed E-state index contributed by atoms with van der Waals surface area (Å²) in [5.41, 5.74) is 2.56. The number of anilines is 1. The monoisotopic (exact) mass is 307 g/mol. The Morgan fingerprint density at radius 2 is 1.96 bits per heavy atom. The van der Waals surface area contributed by atoms with Crippen LogP contribution in [0.4, 0.5) is 10.2 Å². The Bertz CT molecular complexity index is 873. The number of rotatable bonds is 2. The summed E-state index contributed by atoms with van der Waals surface area (Å²) in [5, 5.41) is 7.30. The number of aromatic nitrogens is 2. The molecule has 1 N–H and O–H groups in total. The molecule has 1 amide bonds. The van der Waals surface area contributed by atoms with Crippen molar-refractivity contribution in [3.8, 4) is 5.69 Å². The molecule has 0 bridgehead atoms. The van der Waals surface area contributed by atoms with Crippen molar-refractivity contribution >= 4 is 11.7 Å². The molecule has 1 aromatic heterocycles. The van der Waals surface area contributed by atoms with Crippen LogP contribution in [-0.4, -0.2) is 15.7 Å². The van der Waals surface area contributed by atoms with E-state index in [-0.39, 0.29) is 24.1 Å². The van der Waals surface area contributed by atoms with Crippen molar-refractivity contribution in [2.24, 2.45) is 0 Å². The summed E-state index contributed by atoms with van der Waals surface area (Å²) in [6.45, 7) is 0. The molecule has 0 saturated heterocycles. The molecule has 0 saturated carbocycles. The van der Waals surface area contributed by atoms with Gasteiger partial charge in [-0.3, -0.25) is 4.79 Å². The summed E-state index contributed by atoms with van der Waals surface area (Å²) in [4.78, 5) is 12.1. The maximum absolute atomic E-state index is 13.5. The van der Waals surface area contributed by atoms with E-state index < -0.39 is 0 Å². The van der Waals surface area contributed by atoms with Gasteiger partial charge in [-0.25, -0.2) is 9.07 Å². The van der Waals surface area contributed by atoms with Gasteiger partial charge in [0.1, 0.15) is 11.6 Å². The average Bonchev–Trinajstić information content (AvgIpc) is 2.98. The van der Waals surface area contributed by atoms with Gasteiger partial charge in [-0.15, -0.1) is 0 Å². The lowest BCUT2D eigenvalue weighted by Crippen LogP contribution is -2.24. The van der Waals surface area contributed by atoms with E-state index in [0.717, 1.165) is 16.8 Å². The highest BCUT2D eigenvalue weighted by Gasteiger charge is 2.30. The van der Waals surface area contributed by atoms with Gasteiger partial charge in [0.25, 0.3) is 0 Å². The van der Waals surface area contributed by atoms with Gasteiger partial charge in [-0.2, -0.15) is 5.10 Å². The van der Waals surface area contributed by atoms with Crippen LogP contribution in [-0.2, 0) is 4.79 Å². The second-order valence-electron chi connectivity index (χ2n) is 5.56. The van der Waals surface area contributed by atoms with Gasteiger partial charge < -0.3 is 5.32 Å². The van der Waals surface area contributed by atoms with Crippen LogP contribution in [0.3, 0.4) is 0 Å². The number of fused-ring (bicyclic) bond motifs is 1. The molecule has 1 unspecified atom stereocenters. The first kappa shape index (κ1) is 13.7. The van der Waals surface area contributed by atoms with Crippen molar-refractivity contribution in [1.29, 1.82) is 0 Å². The van der Waals surface area contributed by atoms with Gasteiger partial charge >= 0.3 is 0 Å². The minimum atomic E-state index is -0.300. The maximum Gasteiger partial charge on any atom is 0.226 e. The minimum absolute atomic E-state index is 0.0931. The predicted octanol–water partition coefficient (Wildman–Crippen LogP) is 3.49. The molecule has 5 heteroatoms. The number of hydrogen-bond donors (Lipinski definition) is 1. The van der Waals surface area contributed by atoms with Gasteiger partial charge in [0.2, 0.25) is 5.91 Å². The van der Waals surface area contributed by atoms with Crippen LogP contribution in [0.5, 0.6) is 0 Å². The summed E-state index contributed by atoms with van der Waals surface area (Å²) < 4.78 is 15.3. The fourth-order valence-electron chi connectivity index (χ4n) is 3.01. The smallest absolute Gasteiger partial charge is 0.226 e. The number of halogens is 1. The van der Waals surface area contributed by atoms with Gasteiger partial charge in [0.15, 0.2) is 0 Å². The number of carbonyl (C=O) groups is 1. The van der Waals surface area contributed by atoms with E-state index in [0.29, 0.717) is 5.82 Å². The molecule has 2 aromatic carbocycles. The second kappa shape index (κ2) is 5.35. The summed E-state index contributed by atoms with van der Waals surface area (Å²) >= 11 is 0. The third-order valence-corrected chi connectivity index (χ3v) is 4.07. The van der Waals surface area contributed by atoms with E-state index >= 15 is 0 Å². The van der Waals surface area contributed by atoms with Gasteiger partial charge in [0, 0.05) is 17.9 Å². The second-order valence-corrected chi connectivity index (χ2v) is 5.56. The lowest BCUT2D eigenvalue weighted by Gasteiger charge is -2.23. The molecule has 0 aliphatic carbocycles. The quantitative estimate of drug-likeness (QED) is 0.788. The highest BCUT2D eigenvalue weighted by atomic mass is 19.1. The first-order valence-corrected chi connectivity index (χ1v) is 7.41. The van der Waals surface area contributed by atoms with Gasteiger partial charge in [-0.1, -0.05) is 30.3 Å². The van der Waals surface area contributed by atoms with Crippen LogP contribution in [0, 0.1) is 5.82 Å². The number of nitrogens with zero attached hydrogens (tertiary/aromatic N) is 2. The molecule has 4 nitrogen and oxygen atoms in total. The molecule has 2 heterocycles. The first-order chi connectivity index (χ1) is 11.2. The van der Waals surface area contributed by atoms with E-state index in [1.54, 1.807) is 16.9 Å². The van der Waals surface area contributed by atoms with Crippen LogP contribution in [0.15, 0.2) is 60.8 Å². The molecule has 1 aliphatic rings. The number of hydrogen-bond acceptors (Lipinski definition) is 2. The largest absolute Gasteiger partial charge is 0.310 e. The molecule has 1 aliphatic heterocycles. The zero-order valence-corrected chi connectivity index (χ0v) is 12.2. The van der Waals surface area contributed by atoms with Crippen molar-refractivity contribution in [3.05, 3.63) is 77.7 Å². The summed E-state index contributed by atoms with van der Waals surface area (Å²) in [6, 6.07) is 16.0. The fourth-order valence-corrected chi connectivity index (χ4v) is 3.01. The van der Waals surface area contributed by atoms with Crippen molar-refractivity contribution in [3.63, 3.8) is 0 Å². The highest BCUT2D eigenvalue weighted by molar-refractivity contribution is 5.94. The third kappa shape index (κ3) is 2.40. The number of nitrogens with one attached hydrogen (secondary N) is 1. The molecule has 23 heavy (non-hydrogen) atoms. The van der Waals surface area contributed by atoms with Crippen molar-refractivity contribution < 1.29 is 9.18 Å². The Hall–Kier alpha value is -2.95. The van der Waals surface area contributed by atoms with Crippen molar-refractivity contribution in [2.75, 3.05) is 5.32 Å². The predicted molar refractivity (Wildman–Crippen MR) is 85.1 cm³/mol. The normalized spacial score (nSPS) is 16.7.